The standard InChI is InChI=1S/C29H26ClF3N4O2/c1-2-3-16-36(28(39)21-12-9-13-22(17-21)29(31,32)33)19-27(38)34-26-18-24(20-10-5-4-6-11-20)35-37(26)25-15-8-7-14-23(25)30/h4-15,17-18H,2-3,16,19H2,1H3,(H,34,38). The number of anilines is 1. The van der Waals surface area contributed by atoms with Crippen LogP contribution in [0.1, 0.15) is 35.7 Å². The minimum atomic E-state index is -4.59. The molecule has 0 saturated carbocycles. The fourth-order valence-electron chi connectivity index (χ4n) is 4.00. The van der Waals surface area contributed by atoms with Crippen LogP contribution in [0.5, 0.6) is 0 Å². The van der Waals surface area contributed by atoms with Crippen LogP contribution in [0.3, 0.4) is 0 Å². The number of hydrogen-bond acceptors (Lipinski definition) is 3. The number of para-hydroxylation sites is 1. The predicted octanol–water partition coefficient (Wildman–Crippen LogP) is 7.09. The highest BCUT2D eigenvalue weighted by Gasteiger charge is 2.31. The maximum atomic E-state index is 13.2. The second-order valence-electron chi connectivity index (χ2n) is 8.85. The van der Waals surface area contributed by atoms with Crippen LogP contribution in [0.25, 0.3) is 16.9 Å². The number of alkyl halides is 3. The van der Waals surface area contributed by atoms with Crippen molar-refractivity contribution < 1.29 is 22.8 Å². The quantitative estimate of drug-likeness (QED) is 0.240. The number of carbonyl (C=O) groups is 2. The fraction of sp³-hybridized carbons (Fsp3) is 0.207. The summed E-state index contributed by atoms with van der Waals surface area (Å²) < 4.78 is 41.1. The van der Waals surface area contributed by atoms with Crippen LogP contribution in [0.4, 0.5) is 19.0 Å². The summed E-state index contributed by atoms with van der Waals surface area (Å²) >= 11 is 6.41. The molecule has 202 valence electrons. The van der Waals surface area contributed by atoms with Gasteiger partial charge in [-0.15, -0.1) is 0 Å². The van der Waals surface area contributed by atoms with Crippen LogP contribution in [0.2, 0.25) is 5.02 Å². The van der Waals surface area contributed by atoms with Crippen molar-refractivity contribution in [3.8, 4) is 16.9 Å². The number of rotatable bonds is 9. The Morgan fingerprint density at radius 3 is 2.38 bits per heavy atom. The first-order valence-electron chi connectivity index (χ1n) is 12.3. The average molecular weight is 555 g/mol. The maximum absolute atomic E-state index is 13.2. The largest absolute Gasteiger partial charge is 0.416 e. The van der Waals surface area contributed by atoms with E-state index in [-0.39, 0.29) is 18.7 Å². The third-order valence-corrected chi connectivity index (χ3v) is 6.29. The molecule has 39 heavy (non-hydrogen) atoms. The lowest BCUT2D eigenvalue weighted by Gasteiger charge is -2.22. The monoisotopic (exact) mass is 554 g/mol. The van der Waals surface area contributed by atoms with Crippen LogP contribution in [-0.4, -0.2) is 39.6 Å². The minimum Gasteiger partial charge on any atom is -0.329 e. The van der Waals surface area contributed by atoms with E-state index in [1.165, 1.54) is 21.7 Å². The average Bonchev–Trinajstić information content (AvgIpc) is 3.34. The number of nitrogens with one attached hydrogen (secondary N) is 1. The summed E-state index contributed by atoms with van der Waals surface area (Å²) in [4.78, 5) is 27.6. The zero-order valence-electron chi connectivity index (χ0n) is 21.1. The van der Waals surface area contributed by atoms with Crippen molar-refractivity contribution in [1.29, 1.82) is 0 Å². The molecule has 4 rings (SSSR count). The van der Waals surface area contributed by atoms with Crippen molar-refractivity contribution in [2.45, 2.75) is 25.9 Å². The molecular weight excluding hydrogens is 529 g/mol. The van der Waals surface area contributed by atoms with Crippen molar-refractivity contribution >= 4 is 29.2 Å². The van der Waals surface area contributed by atoms with Gasteiger partial charge < -0.3 is 10.2 Å². The zero-order chi connectivity index (χ0) is 28.0. The molecule has 0 spiro atoms. The molecule has 0 saturated heterocycles. The number of halogens is 4. The van der Waals surface area contributed by atoms with E-state index in [1.807, 2.05) is 37.3 Å². The van der Waals surface area contributed by atoms with Gasteiger partial charge in [0.15, 0.2) is 0 Å². The second kappa shape index (κ2) is 12.2. The van der Waals surface area contributed by atoms with Crippen molar-refractivity contribution in [3.05, 3.63) is 101 Å². The Kier molecular flexibility index (Phi) is 8.71. The van der Waals surface area contributed by atoms with Gasteiger partial charge in [-0.25, -0.2) is 4.68 Å². The summed E-state index contributed by atoms with van der Waals surface area (Å²) in [5, 5.41) is 7.86. The lowest BCUT2D eigenvalue weighted by atomic mass is 10.1. The molecule has 0 aliphatic rings. The van der Waals surface area contributed by atoms with Crippen molar-refractivity contribution in [1.82, 2.24) is 14.7 Å². The van der Waals surface area contributed by atoms with Crippen LogP contribution in [0.15, 0.2) is 84.9 Å². The summed E-state index contributed by atoms with van der Waals surface area (Å²) in [6.45, 7) is 1.77. The Morgan fingerprint density at radius 1 is 0.974 bits per heavy atom. The van der Waals surface area contributed by atoms with Crippen molar-refractivity contribution in [2.24, 2.45) is 0 Å². The first-order chi connectivity index (χ1) is 18.7. The van der Waals surface area contributed by atoms with Gasteiger partial charge in [0, 0.05) is 23.7 Å². The summed E-state index contributed by atoms with van der Waals surface area (Å²) in [6, 6.07) is 22.3. The number of carbonyl (C=O) groups excluding carboxylic acids is 2. The van der Waals surface area contributed by atoms with E-state index >= 15 is 0 Å². The first kappa shape index (κ1) is 27.9. The number of aromatic nitrogens is 2. The maximum Gasteiger partial charge on any atom is 0.416 e. The van der Waals surface area contributed by atoms with E-state index in [0.29, 0.717) is 28.6 Å². The third kappa shape index (κ3) is 6.86. The third-order valence-electron chi connectivity index (χ3n) is 5.97. The molecule has 4 aromatic rings. The normalized spacial score (nSPS) is 11.3. The molecule has 0 aliphatic heterocycles. The molecule has 1 heterocycles. The van der Waals surface area contributed by atoms with Gasteiger partial charge in [-0.3, -0.25) is 9.59 Å². The molecule has 0 aliphatic carbocycles. The smallest absolute Gasteiger partial charge is 0.329 e. The molecule has 1 N–H and O–H groups in total. The summed E-state index contributed by atoms with van der Waals surface area (Å²) in [6.07, 6.45) is -3.28. The predicted molar refractivity (Wildman–Crippen MR) is 145 cm³/mol. The molecule has 0 radical (unpaired) electrons. The Balaban J connectivity index is 1.61. The van der Waals surface area contributed by atoms with E-state index in [9.17, 15) is 22.8 Å². The topological polar surface area (TPSA) is 67.2 Å². The molecule has 0 unspecified atom stereocenters. The van der Waals surface area contributed by atoms with Gasteiger partial charge in [0.05, 0.1) is 22.0 Å². The molecule has 0 atom stereocenters. The Hall–Kier alpha value is -4.11. The van der Waals surface area contributed by atoms with Gasteiger partial charge in [-0.1, -0.05) is 73.5 Å². The molecule has 0 fully saturated rings. The van der Waals surface area contributed by atoms with Gasteiger partial charge >= 0.3 is 6.18 Å². The van der Waals surface area contributed by atoms with Gasteiger partial charge in [0.1, 0.15) is 12.4 Å². The number of benzene rings is 3. The molecule has 0 bridgehead atoms. The summed E-state index contributed by atoms with van der Waals surface area (Å²) in [5.74, 6) is -0.859. The van der Waals surface area contributed by atoms with Crippen LogP contribution >= 0.6 is 11.6 Å². The number of unbranched alkanes of at least 4 members (excludes halogenated alkanes) is 1. The number of hydrogen-bond donors (Lipinski definition) is 1. The molecule has 6 nitrogen and oxygen atoms in total. The lowest BCUT2D eigenvalue weighted by Crippen LogP contribution is -2.39. The van der Waals surface area contributed by atoms with E-state index < -0.39 is 23.6 Å². The highest BCUT2D eigenvalue weighted by atomic mass is 35.5. The highest BCUT2D eigenvalue weighted by molar-refractivity contribution is 6.32. The van der Waals surface area contributed by atoms with Crippen LogP contribution in [-0.2, 0) is 11.0 Å². The van der Waals surface area contributed by atoms with Crippen molar-refractivity contribution in [3.63, 3.8) is 0 Å². The zero-order valence-corrected chi connectivity index (χ0v) is 21.8. The number of amides is 2. The Labute approximate surface area is 229 Å². The summed E-state index contributed by atoms with van der Waals surface area (Å²) in [7, 11) is 0. The fourth-order valence-corrected chi connectivity index (χ4v) is 4.21. The molecule has 3 aromatic carbocycles. The molecule has 2 amide bonds. The molecule has 1 aromatic heterocycles. The Morgan fingerprint density at radius 2 is 1.69 bits per heavy atom. The summed E-state index contributed by atoms with van der Waals surface area (Å²) in [5.41, 5.74) is 0.892. The molecular formula is C29H26ClF3N4O2. The van der Waals surface area contributed by atoms with Gasteiger partial charge in [0.25, 0.3) is 5.91 Å². The van der Waals surface area contributed by atoms with Gasteiger partial charge in [-0.2, -0.15) is 18.3 Å². The van der Waals surface area contributed by atoms with E-state index in [1.54, 1.807) is 30.3 Å². The lowest BCUT2D eigenvalue weighted by molar-refractivity contribution is -0.137. The first-order valence-corrected chi connectivity index (χ1v) is 12.7. The number of nitrogens with zero attached hydrogens (tertiary/aromatic N) is 3. The highest BCUT2D eigenvalue weighted by Crippen LogP contribution is 2.30. The van der Waals surface area contributed by atoms with E-state index in [2.05, 4.69) is 10.4 Å². The Bertz CT molecular complexity index is 1450. The van der Waals surface area contributed by atoms with E-state index in [4.69, 9.17) is 11.6 Å². The van der Waals surface area contributed by atoms with Gasteiger partial charge in [-0.05, 0) is 36.8 Å². The van der Waals surface area contributed by atoms with Gasteiger partial charge in [0.2, 0.25) is 5.91 Å². The van der Waals surface area contributed by atoms with Crippen LogP contribution in [0, 0.1) is 0 Å². The SMILES string of the molecule is CCCCN(CC(=O)Nc1cc(-c2ccccc2)nn1-c1ccccc1Cl)C(=O)c1cccc(C(F)(F)F)c1. The van der Waals surface area contributed by atoms with Crippen LogP contribution < -0.4 is 5.32 Å². The van der Waals surface area contributed by atoms with E-state index in [0.717, 1.165) is 24.1 Å². The minimum absolute atomic E-state index is 0.138. The second-order valence-corrected chi connectivity index (χ2v) is 9.26. The van der Waals surface area contributed by atoms with Crippen molar-refractivity contribution in [2.75, 3.05) is 18.4 Å². The molecule has 10 heteroatoms.